The minimum atomic E-state index is -0.418. The van der Waals surface area contributed by atoms with E-state index >= 15 is 0 Å². The van der Waals surface area contributed by atoms with E-state index in [0.29, 0.717) is 11.1 Å². The molecule has 0 aromatic heterocycles. The molecule has 3 N–H and O–H groups in total. The van der Waals surface area contributed by atoms with Crippen molar-refractivity contribution in [2.24, 2.45) is 5.84 Å². The molecule has 1 radical (unpaired) electrons. The Balaban J connectivity index is 0. The quantitative estimate of drug-likeness (QED) is 0.182. The molecule has 0 aliphatic rings. The number of benzene rings is 3. The van der Waals surface area contributed by atoms with Crippen LogP contribution in [0, 0.1) is 6.92 Å². The van der Waals surface area contributed by atoms with Gasteiger partial charge >= 0.3 is 0 Å². The van der Waals surface area contributed by atoms with Crippen LogP contribution in [0.15, 0.2) is 78.9 Å². The normalized spacial score (nSPS) is 9.55. The molecule has 8 heteroatoms. The zero-order valence-corrected chi connectivity index (χ0v) is 23.9. The number of aryl methyl sites for hydroxylation is 1. The van der Waals surface area contributed by atoms with Gasteiger partial charge in [0.25, 0.3) is 10.5 Å². The summed E-state index contributed by atoms with van der Waals surface area (Å²) in [5.74, 6) is 5.06. The molecule has 3 rings (SSSR count). The first-order chi connectivity index (χ1) is 14.6. The van der Waals surface area contributed by atoms with Crippen molar-refractivity contribution in [1.29, 1.82) is 0 Å². The molecule has 0 unspecified atom stereocenters. The Morgan fingerprint density at radius 1 is 0.758 bits per heavy atom. The molecule has 33 heavy (non-hydrogen) atoms. The largest absolute Gasteiger partial charge is 0.276 e. The fraction of sp³-hybridized carbons (Fsp3) is 0.200. The van der Waals surface area contributed by atoms with E-state index in [1.165, 1.54) is 0 Å². The van der Waals surface area contributed by atoms with Gasteiger partial charge in [-0.05, 0) is 73.7 Å². The number of carbonyl (C=O) groups is 2. The van der Waals surface area contributed by atoms with Gasteiger partial charge in [0.1, 0.15) is 0 Å². The fourth-order valence-corrected chi connectivity index (χ4v) is 2.62. The molecule has 4 nitrogen and oxygen atoms in total. The second-order valence-electron chi connectivity index (χ2n) is 7.67. The number of hydrazine groups is 1. The number of rotatable bonds is 3. The van der Waals surface area contributed by atoms with Gasteiger partial charge in [-0.3, -0.25) is 20.9 Å². The summed E-state index contributed by atoms with van der Waals surface area (Å²) in [4.78, 5) is 21.7. The van der Waals surface area contributed by atoms with Crippen LogP contribution in [-0.4, -0.2) is 45.6 Å². The molecule has 3 aromatic rings. The van der Waals surface area contributed by atoms with Gasteiger partial charge in [0.05, 0.1) is 0 Å². The van der Waals surface area contributed by atoms with Crippen LogP contribution in [0.3, 0.4) is 0 Å². The van der Waals surface area contributed by atoms with Gasteiger partial charge < -0.3 is 0 Å². The summed E-state index contributed by atoms with van der Waals surface area (Å²) >= 11 is 10.7. The average Bonchev–Trinajstić information content (AvgIpc) is 2.75. The van der Waals surface area contributed by atoms with Crippen molar-refractivity contribution in [1.82, 2.24) is 5.43 Å². The van der Waals surface area contributed by atoms with Crippen LogP contribution in [0.2, 0.25) is 0 Å². The zero-order valence-electron chi connectivity index (χ0n) is 19.6. The van der Waals surface area contributed by atoms with Crippen molar-refractivity contribution >= 4 is 75.7 Å². The standard InChI is InChI=1S/C14H11ClO.C7H5ClO.C4H12N2.ClH.Na/c1-10-6-2-3-7-11(10)12-8-4-5-9-13(12)14(15)16;8-7(9)6-4-2-1-3-5-6;1-4(2,3)6-5;;/h2-9H,1H3;1-5H;6H,5H2,1-3H3;1H;. The molecular weight excluding hydrogens is 490 g/mol. The second kappa shape index (κ2) is 17.3. The first-order valence-corrected chi connectivity index (χ1v) is 10.4. The molecule has 0 atom stereocenters. The fourth-order valence-electron chi connectivity index (χ4n) is 2.33. The van der Waals surface area contributed by atoms with Crippen molar-refractivity contribution in [3.8, 4) is 11.1 Å². The zero-order chi connectivity index (χ0) is 23.4. The van der Waals surface area contributed by atoms with E-state index in [-0.39, 0.29) is 47.5 Å². The van der Waals surface area contributed by atoms with Crippen LogP contribution < -0.4 is 11.3 Å². The predicted octanol–water partition coefficient (Wildman–Crippen LogP) is 6.40. The molecular formula is C25H29Cl3N2NaO2. The van der Waals surface area contributed by atoms with Crippen LogP contribution in [-0.2, 0) is 0 Å². The van der Waals surface area contributed by atoms with E-state index in [1.807, 2.05) is 76.2 Å². The molecule has 0 saturated heterocycles. The second-order valence-corrected chi connectivity index (χ2v) is 8.35. The number of carbonyl (C=O) groups excluding carboxylic acids is 2. The van der Waals surface area contributed by atoms with E-state index in [9.17, 15) is 9.59 Å². The Morgan fingerprint density at radius 3 is 1.58 bits per heavy atom. The molecule has 0 fully saturated rings. The average molecular weight is 519 g/mol. The van der Waals surface area contributed by atoms with Crippen molar-refractivity contribution in [3.05, 3.63) is 95.6 Å². The molecule has 173 valence electrons. The third kappa shape index (κ3) is 13.3. The van der Waals surface area contributed by atoms with Gasteiger partial charge in [0, 0.05) is 46.2 Å². The summed E-state index contributed by atoms with van der Waals surface area (Å²) in [5.41, 5.74) is 6.84. The van der Waals surface area contributed by atoms with E-state index in [0.717, 1.165) is 16.7 Å². The van der Waals surface area contributed by atoms with Crippen LogP contribution in [0.5, 0.6) is 0 Å². The number of nitrogens with two attached hydrogens (primary N) is 1. The minimum Gasteiger partial charge on any atom is -0.276 e. The van der Waals surface area contributed by atoms with Gasteiger partial charge in [-0.2, -0.15) is 0 Å². The van der Waals surface area contributed by atoms with Crippen molar-refractivity contribution in [3.63, 3.8) is 0 Å². The van der Waals surface area contributed by atoms with E-state index in [2.05, 4.69) is 5.43 Å². The van der Waals surface area contributed by atoms with Crippen LogP contribution in [0.25, 0.3) is 11.1 Å². The molecule has 0 bridgehead atoms. The van der Waals surface area contributed by atoms with Gasteiger partial charge in [-0.15, -0.1) is 12.4 Å². The summed E-state index contributed by atoms with van der Waals surface area (Å²) in [5, 5.41) is -0.825. The topological polar surface area (TPSA) is 72.2 Å². The summed E-state index contributed by atoms with van der Waals surface area (Å²) in [6.45, 7) is 8.04. The Bertz CT molecular complexity index is 994. The van der Waals surface area contributed by atoms with Gasteiger partial charge in [0.2, 0.25) is 0 Å². The first kappa shape index (κ1) is 34.0. The van der Waals surface area contributed by atoms with Gasteiger partial charge in [0.15, 0.2) is 0 Å². The predicted molar refractivity (Wildman–Crippen MR) is 144 cm³/mol. The molecule has 0 amide bonds. The first-order valence-electron chi connectivity index (χ1n) is 9.64. The minimum absolute atomic E-state index is 0. The molecule has 0 aliphatic heterocycles. The Kier molecular flexibility index (Phi) is 17.8. The van der Waals surface area contributed by atoms with Crippen molar-refractivity contribution in [2.75, 3.05) is 0 Å². The maximum atomic E-state index is 11.3. The smallest absolute Gasteiger partial charge is 0.253 e. The Labute approximate surface area is 234 Å². The number of hydrogen-bond donors (Lipinski definition) is 2. The summed E-state index contributed by atoms with van der Waals surface area (Å²) in [7, 11) is 0. The van der Waals surface area contributed by atoms with E-state index < -0.39 is 10.5 Å². The third-order valence-corrected chi connectivity index (χ3v) is 4.43. The summed E-state index contributed by atoms with van der Waals surface area (Å²) < 4.78 is 0. The molecule has 0 saturated carbocycles. The molecule has 0 aliphatic carbocycles. The van der Waals surface area contributed by atoms with Crippen LogP contribution >= 0.6 is 35.6 Å². The molecule has 0 spiro atoms. The van der Waals surface area contributed by atoms with Crippen molar-refractivity contribution in [2.45, 2.75) is 33.2 Å². The Morgan fingerprint density at radius 2 is 1.18 bits per heavy atom. The molecule has 0 heterocycles. The maximum Gasteiger partial charge on any atom is 0.253 e. The number of hydrogen-bond acceptors (Lipinski definition) is 4. The Hall–Kier alpha value is -1.21. The van der Waals surface area contributed by atoms with Gasteiger partial charge in [-0.1, -0.05) is 72.8 Å². The monoisotopic (exact) mass is 517 g/mol. The number of halogens is 3. The van der Waals surface area contributed by atoms with Gasteiger partial charge in [-0.25, -0.2) is 0 Å². The maximum absolute atomic E-state index is 11.3. The van der Waals surface area contributed by atoms with Crippen LogP contribution in [0.1, 0.15) is 47.1 Å². The SMILES string of the molecule is CC(C)(C)NN.Cc1ccccc1-c1ccccc1C(=O)Cl.Cl.O=C(Cl)c1ccccc1.[Na]. The number of nitrogens with one attached hydrogen (secondary N) is 1. The summed E-state index contributed by atoms with van der Waals surface area (Å²) in [6.07, 6.45) is 0. The third-order valence-electron chi connectivity index (χ3n) is 4.01. The van der Waals surface area contributed by atoms with E-state index in [4.69, 9.17) is 29.0 Å². The van der Waals surface area contributed by atoms with Crippen LogP contribution in [0.4, 0.5) is 0 Å². The summed E-state index contributed by atoms with van der Waals surface area (Å²) in [6, 6.07) is 24.1. The van der Waals surface area contributed by atoms with E-state index in [1.54, 1.807) is 30.3 Å². The molecule has 3 aromatic carbocycles. The van der Waals surface area contributed by atoms with Crippen molar-refractivity contribution < 1.29 is 9.59 Å².